The van der Waals surface area contributed by atoms with Gasteiger partial charge in [-0.05, 0) is 24.3 Å². The molecule has 10 nitrogen and oxygen atoms in total. The van der Waals surface area contributed by atoms with Gasteiger partial charge < -0.3 is 33.6 Å². The number of aromatic nitrogens is 2. The summed E-state index contributed by atoms with van der Waals surface area (Å²) in [5.41, 5.74) is 0.502. The summed E-state index contributed by atoms with van der Waals surface area (Å²) in [5.74, 6) is 3.01. The van der Waals surface area contributed by atoms with Crippen molar-refractivity contribution in [1.82, 2.24) is 15.1 Å². The van der Waals surface area contributed by atoms with E-state index >= 15 is 0 Å². The average molecular weight is 444 g/mol. The van der Waals surface area contributed by atoms with Gasteiger partial charge in [-0.15, -0.1) is 10.2 Å². The fourth-order valence-corrected chi connectivity index (χ4v) is 3.97. The van der Waals surface area contributed by atoms with Crippen molar-refractivity contribution in [3.8, 4) is 17.2 Å². The van der Waals surface area contributed by atoms with Crippen LogP contribution in [-0.4, -0.2) is 94.8 Å². The summed E-state index contributed by atoms with van der Waals surface area (Å²) in [5, 5.41) is 8.81. The standard InChI is InChI=1S/C22H29N5O5/c1-29-17-14-16(15-18(30-2)21(17)31-3)22(28)27-8-6-25(7-9-27)19-4-5-20(24-23-19)26-10-12-32-13-11-26/h4-5,14-15H,6-13H2,1-3H3. The maximum Gasteiger partial charge on any atom is 0.254 e. The van der Waals surface area contributed by atoms with Crippen molar-refractivity contribution in [3.63, 3.8) is 0 Å². The third-order valence-electron chi connectivity index (χ3n) is 5.77. The molecule has 0 atom stereocenters. The molecule has 2 aliphatic heterocycles. The molecule has 2 aromatic rings. The van der Waals surface area contributed by atoms with Gasteiger partial charge in [-0.2, -0.15) is 0 Å². The van der Waals surface area contributed by atoms with Gasteiger partial charge in [-0.1, -0.05) is 0 Å². The Hall–Kier alpha value is -3.27. The summed E-state index contributed by atoms with van der Waals surface area (Å²) < 4.78 is 21.5. The Morgan fingerprint density at radius 1 is 0.812 bits per heavy atom. The first kappa shape index (κ1) is 21.9. The summed E-state index contributed by atoms with van der Waals surface area (Å²) in [6.45, 7) is 5.62. The summed E-state index contributed by atoms with van der Waals surface area (Å²) in [6, 6.07) is 7.37. The number of morpholine rings is 1. The van der Waals surface area contributed by atoms with E-state index in [1.165, 1.54) is 21.3 Å². The highest BCUT2D eigenvalue weighted by Gasteiger charge is 2.25. The molecule has 2 saturated heterocycles. The minimum atomic E-state index is -0.0716. The van der Waals surface area contributed by atoms with Crippen LogP contribution < -0.4 is 24.0 Å². The van der Waals surface area contributed by atoms with Crippen molar-refractivity contribution in [3.05, 3.63) is 29.8 Å². The summed E-state index contributed by atoms with van der Waals surface area (Å²) >= 11 is 0. The van der Waals surface area contributed by atoms with Crippen LogP contribution in [0.2, 0.25) is 0 Å². The Kier molecular flexibility index (Phi) is 6.79. The van der Waals surface area contributed by atoms with Crippen LogP contribution in [-0.2, 0) is 4.74 Å². The molecule has 1 aromatic carbocycles. The highest BCUT2D eigenvalue weighted by atomic mass is 16.5. The maximum atomic E-state index is 13.1. The molecule has 1 amide bonds. The van der Waals surface area contributed by atoms with Crippen LogP contribution in [0, 0.1) is 0 Å². The lowest BCUT2D eigenvalue weighted by Gasteiger charge is -2.35. The highest BCUT2D eigenvalue weighted by Crippen LogP contribution is 2.38. The molecule has 0 bridgehead atoms. The van der Waals surface area contributed by atoms with Gasteiger partial charge in [-0.3, -0.25) is 4.79 Å². The maximum absolute atomic E-state index is 13.1. The lowest BCUT2D eigenvalue weighted by molar-refractivity contribution is 0.0745. The zero-order valence-corrected chi connectivity index (χ0v) is 18.7. The van der Waals surface area contributed by atoms with E-state index in [1.54, 1.807) is 12.1 Å². The van der Waals surface area contributed by atoms with E-state index in [2.05, 4.69) is 20.0 Å². The second kappa shape index (κ2) is 9.90. The summed E-state index contributed by atoms with van der Waals surface area (Å²) in [4.78, 5) is 19.3. The number of ether oxygens (including phenoxy) is 4. The Bertz CT molecular complexity index is 900. The lowest BCUT2D eigenvalue weighted by Crippen LogP contribution is -2.49. The molecule has 172 valence electrons. The predicted octanol–water partition coefficient (Wildman–Crippen LogP) is 1.30. The van der Waals surface area contributed by atoms with Crippen LogP contribution in [0.15, 0.2) is 24.3 Å². The third-order valence-corrected chi connectivity index (χ3v) is 5.77. The molecule has 0 unspecified atom stereocenters. The third kappa shape index (κ3) is 4.50. The second-order valence-corrected chi connectivity index (χ2v) is 7.54. The van der Waals surface area contributed by atoms with Gasteiger partial charge in [0.1, 0.15) is 0 Å². The molecule has 0 saturated carbocycles. The average Bonchev–Trinajstić information content (AvgIpc) is 2.88. The van der Waals surface area contributed by atoms with Gasteiger partial charge in [-0.25, -0.2) is 0 Å². The van der Waals surface area contributed by atoms with E-state index in [1.807, 2.05) is 17.0 Å². The van der Waals surface area contributed by atoms with Gasteiger partial charge in [0.15, 0.2) is 23.1 Å². The molecule has 0 spiro atoms. The predicted molar refractivity (Wildman–Crippen MR) is 119 cm³/mol. The van der Waals surface area contributed by atoms with E-state index in [0.717, 1.165) is 24.7 Å². The second-order valence-electron chi connectivity index (χ2n) is 7.54. The van der Waals surface area contributed by atoms with Gasteiger partial charge in [0.05, 0.1) is 34.5 Å². The van der Waals surface area contributed by atoms with Gasteiger partial charge in [0, 0.05) is 44.8 Å². The first-order chi connectivity index (χ1) is 15.6. The number of piperazine rings is 1. The molecule has 0 radical (unpaired) electrons. The number of benzene rings is 1. The van der Waals surface area contributed by atoms with E-state index in [9.17, 15) is 4.79 Å². The number of rotatable bonds is 6. The number of methoxy groups -OCH3 is 3. The number of nitrogens with zero attached hydrogens (tertiary/aromatic N) is 5. The van der Waals surface area contributed by atoms with Crippen LogP contribution in [0.5, 0.6) is 17.2 Å². The molecule has 10 heteroatoms. The van der Waals surface area contributed by atoms with Crippen LogP contribution in [0.3, 0.4) is 0 Å². The smallest absolute Gasteiger partial charge is 0.254 e. The van der Waals surface area contributed by atoms with E-state index in [4.69, 9.17) is 18.9 Å². The quantitative estimate of drug-likeness (QED) is 0.655. The Morgan fingerprint density at radius 3 is 1.81 bits per heavy atom. The van der Waals surface area contributed by atoms with Crippen LogP contribution >= 0.6 is 0 Å². The lowest BCUT2D eigenvalue weighted by atomic mass is 10.1. The SMILES string of the molecule is COc1cc(C(=O)N2CCN(c3ccc(N4CCOCC4)nn3)CC2)cc(OC)c1OC. The number of hydrogen-bond acceptors (Lipinski definition) is 9. The fourth-order valence-electron chi connectivity index (χ4n) is 3.97. The molecule has 1 aromatic heterocycles. The van der Waals surface area contributed by atoms with E-state index in [-0.39, 0.29) is 5.91 Å². The van der Waals surface area contributed by atoms with Gasteiger partial charge >= 0.3 is 0 Å². The Morgan fingerprint density at radius 2 is 1.34 bits per heavy atom. The summed E-state index contributed by atoms with van der Waals surface area (Å²) in [6.07, 6.45) is 0. The molecular formula is C22H29N5O5. The zero-order chi connectivity index (χ0) is 22.5. The van der Waals surface area contributed by atoms with Gasteiger partial charge in [0.25, 0.3) is 5.91 Å². The first-order valence-corrected chi connectivity index (χ1v) is 10.6. The van der Waals surface area contributed by atoms with E-state index in [0.29, 0.717) is 62.2 Å². The molecule has 4 rings (SSSR count). The number of hydrogen-bond donors (Lipinski definition) is 0. The minimum Gasteiger partial charge on any atom is -0.493 e. The van der Waals surface area contributed by atoms with Crippen molar-refractivity contribution in [2.45, 2.75) is 0 Å². The van der Waals surface area contributed by atoms with Crippen molar-refractivity contribution in [2.75, 3.05) is 83.6 Å². The fraction of sp³-hybridized carbons (Fsp3) is 0.500. The number of carbonyl (C=O) groups is 1. The normalized spacial score (nSPS) is 16.7. The first-order valence-electron chi connectivity index (χ1n) is 10.6. The molecular weight excluding hydrogens is 414 g/mol. The highest BCUT2D eigenvalue weighted by molar-refractivity contribution is 5.95. The Balaban J connectivity index is 1.40. The van der Waals surface area contributed by atoms with Crippen molar-refractivity contribution >= 4 is 17.5 Å². The number of amides is 1. The van der Waals surface area contributed by atoms with Crippen LogP contribution in [0.1, 0.15) is 10.4 Å². The summed E-state index contributed by atoms with van der Waals surface area (Å²) in [7, 11) is 4.61. The van der Waals surface area contributed by atoms with Crippen molar-refractivity contribution < 1.29 is 23.7 Å². The number of carbonyl (C=O) groups excluding carboxylic acids is 1. The molecule has 0 N–H and O–H groups in total. The van der Waals surface area contributed by atoms with Crippen LogP contribution in [0.25, 0.3) is 0 Å². The van der Waals surface area contributed by atoms with Crippen molar-refractivity contribution in [1.29, 1.82) is 0 Å². The molecule has 3 heterocycles. The van der Waals surface area contributed by atoms with Crippen molar-refractivity contribution in [2.24, 2.45) is 0 Å². The monoisotopic (exact) mass is 443 g/mol. The molecule has 0 aliphatic carbocycles. The van der Waals surface area contributed by atoms with Crippen LogP contribution in [0.4, 0.5) is 11.6 Å². The minimum absolute atomic E-state index is 0.0716. The molecule has 2 fully saturated rings. The Labute approximate surface area is 187 Å². The van der Waals surface area contributed by atoms with Gasteiger partial charge in [0.2, 0.25) is 5.75 Å². The zero-order valence-electron chi connectivity index (χ0n) is 18.7. The van der Waals surface area contributed by atoms with E-state index < -0.39 is 0 Å². The number of anilines is 2. The largest absolute Gasteiger partial charge is 0.493 e. The molecule has 32 heavy (non-hydrogen) atoms. The topological polar surface area (TPSA) is 89.5 Å². The molecule has 2 aliphatic rings.